The Labute approximate surface area is 217 Å². The number of nitrogens with one attached hydrogen (secondary N) is 1. The summed E-state index contributed by atoms with van der Waals surface area (Å²) < 4.78 is 54.1. The summed E-state index contributed by atoms with van der Waals surface area (Å²) in [6.45, 7) is -0.0821. The van der Waals surface area contributed by atoms with Crippen LogP contribution in [0.4, 0.5) is 17.6 Å². The van der Waals surface area contributed by atoms with Crippen molar-refractivity contribution in [1.82, 2.24) is 20.1 Å². The van der Waals surface area contributed by atoms with Gasteiger partial charge >= 0.3 is 6.18 Å². The van der Waals surface area contributed by atoms with Gasteiger partial charge in [-0.15, -0.1) is 10.2 Å². The van der Waals surface area contributed by atoms with Gasteiger partial charge in [0.15, 0.2) is 11.0 Å². The average molecular weight is 555 g/mol. The summed E-state index contributed by atoms with van der Waals surface area (Å²) in [5, 5.41) is 12.0. The molecule has 1 heterocycles. The molecule has 0 atom stereocenters. The monoisotopic (exact) mass is 554 g/mol. The van der Waals surface area contributed by atoms with E-state index in [4.69, 9.17) is 23.2 Å². The molecule has 0 aliphatic rings. The number of rotatable bonds is 7. The van der Waals surface area contributed by atoms with E-state index in [1.807, 2.05) is 0 Å². The minimum atomic E-state index is -4.41. The summed E-state index contributed by atoms with van der Waals surface area (Å²) in [6.07, 6.45) is -4.41. The van der Waals surface area contributed by atoms with Gasteiger partial charge < -0.3 is 5.32 Å². The highest BCUT2D eigenvalue weighted by molar-refractivity contribution is 7.98. The fourth-order valence-corrected chi connectivity index (χ4v) is 4.45. The lowest BCUT2D eigenvalue weighted by Crippen LogP contribution is -2.25. The number of carbonyl (C=O) groups excluding carboxylic acids is 1. The van der Waals surface area contributed by atoms with Gasteiger partial charge in [0.05, 0.1) is 33.4 Å². The van der Waals surface area contributed by atoms with Crippen molar-refractivity contribution in [3.8, 4) is 5.69 Å². The number of halogens is 6. The first-order valence-electron chi connectivity index (χ1n) is 10.3. The van der Waals surface area contributed by atoms with Gasteiger partial charge in [-0.25, -0.2) is 4.39 Å². The van der Waals surface area contributed by atoms with E-state index in [2.05, 4.69) is 15.5 Å². The molecule has 5 nitrogen and oxygen atoms in total. The van der Waals surface area contributed by atoms with Crippen molar-refractivity contribution in [3.63, 3.8) is 0 Å². The number of hydrogen-bond acceptors (Lipinski definition) is 4. The largest absolute Gasteiger partial charge is 0.416 e. The van der Waals surface area contributed by atoms with Crippen LogP contribution in [0.15, 0.2) is 71.9 Å². The molecule has 0 spiro atoms. The first-order chi connectivity index (χ1) is 17.1. The Hall–Kier alpha value is -3.08. The van der Waals surface area contributed by atoms with Crippen LogP contribution in [0.1, 0.15) is 27.3 Å². The van der Waals surface area contributed by atoms with Crippen molar-refractivity contribution in [3.05, 3.63) is 105 Å². The third kappa shape index (κ3) is 6.00. The molecule has 4 aromatic rings. The van der Waals surface area contributed by atoms with Gasteiger partial charge in [0.2, 0.25) is 0 Å². The number of benzene rings is 3. The minimum Gasteiger partial charge on any atom is -0.345 e. The molecule has 0 aliphatic heterocycles. The van der Waals surface area contributed by atoms with Crippen LogP contribution in [0.25, 0.3) is 5.69 Å². The summed E-state index contributed by atoms with van der Waals surface area (Å²) in [5.74, 6) is -0.656. The summed E-state index contributed by atoms with van der Waals surface area (Å²) in [7, 11) is 0. The third-order valence-corrected chi connectivity index (χ3v) is 6.78. The molecule has 1 N–H and O–H groups in total. The molecule has 0 unspecified atom stereocenters. The van der Waals surface area contributed by atoms with Gasteiger partial charge in [-0.2, -0.15) is 13.2 Å². The Morgan fingerprint density at radius 1 is 0.972 bits per heavy atom. The quantitative estimate of drug-likeness (QED) is 0.198. The van der Waals surface area contributed by atoms with E-state index in [1.165, 1.54) is 42.1 Å². The van der Waals surface area contributed by atoms with Gasteiger partial charge in [-0.1, -0.05) is 59.2 Å². The molecule has 4 rings (SSSR count). The van der Waals surface area contributed by atoms with E-state index in [9.17, 15) is 22.4 Å². The van der Waals surface area contributed by atoms with Gasteiger partial charge in [0, 0.05) is 5.75 Å². The van der Waals surface area contributed by atoms with Crippen molar-refractivity contribution in [2.75, 3.05) is 0 Å². The summed E-state index contributed by atoms with van der Waals surface area (Å²) in [5.41, 5.74) is 0.351. The second kappa shape index (κ2) is 10.9. The van der Waals surface area contributed by atoms with Crippen molar-refractivity contribution in [1.29, 1.82) is 0 Å². The molecule has 3 aromatic carbocycles. The molecule has 1 aromatic heterocycles. The van der Waals surface area contributed by atoms with Crippen LogP contribution >= 0.6 is 35.0 Å². The van der Waals surface area contributed by atoms with Crippen LogP contribution in [0.5, 0.6) is 0 Å². The predicted molar refractivity (Wildman–Crippen MR) is 130 cm³/mol. The SMILES string of the molecule is O=C(NCc1nnc(SCc2ccc(C(F)(F)F)cc2)n1-c1ccc(Cl)c(Cl)c1)c1ccccc1F. The molecule has 0 aliphatic carbocycles. The van der Waals surface area contributed by atoms with Crippen LogP contribution < -0.4 is 5.32 Å². The van der Waals surface area contributed by atoms with E-state index in [0.29, 0.717) is 33.0 Å². The topological polar surface area (TPSA) is 59.8 Å². The molecule has 12 heteroatoms. The predicted octanol–water partition coefficient (Wildman–Crippen LogP) is 6.95. The number of aromatic nitrogens is 3. The summed E-state index contributed by atoms with van der Waals surface area (Å²) in [4.78, 5) is 12.5. The maximum atomic E-state index is 14.0. The maximum absolute atomic E-state index is 14.0. The van der Waals surface area contributed by atoms with Crippen LogP contribution in [0.2, 0.25) is 10.0 Å². The molecule has 0 radical (unpaired) electrons. The van der Waals surface area contributed by atoms with E-state index in [1.54, 1.807) is 28.8 Å². The van der Waals surface area contributed by atoms with Crippen molar-refractivity contribution in [2.45, 2.75) is 23.6 Å². The van der Waals surface area contributed by atoms with Crippen LogP contribution in [0, 0.1) is 5.82 Å². The highest BCUT2D eigenvalue weighted by atomic mass is 35.5. The Kier molecular flexibility index (Phi) is 7.87. The summed E-state index contributed by atoms with van der Waals surface area (Å²) >= 11 is 13.5. The molecular weight excluding hydrogens is 539 g/mol. The Bertz CT molecular complexity index is 1390. The van der Waals surface area contributed by atoms with Crippen molar-refractivity contribution >= 4 is 40.9 Å². The fraction of sp³-hybridized carbons (Fsp3) is 0.125. The molecule has 0 fully saturated rings. The zero-order valence-electron chi connectivity index (χ0n) is 18.2. The average Bonchev–Trinajstić information content (AvgIpc) is 3.25. The standard InChI is InChI=1S/C24H16Cl2F4N4OS/c25-18-10-9-16(11-19(18)26)34-21(12-31-22(35)17-3-1-2-4-20(17)27)32-33-23(34)36-13-14-5-7-15(8-6-14)24(28,29)30/h1-11H,12-13H2,(H,31,35). The van der Waals surface area contributed by atoms with E-state index < -0.39 is 23.5 Å². The molecule has 0 saturated carbocycles. The highest BCUT2D eigenvalue weighted by Gasteiger charge is 2.30. The lowest BCUT2D eigenvalue weighted by atomic mass is 10.1. The Morgan fingerprint density at radius 2 is 1.69 bits per heavy atom. The van der Waals surface area contributed by atoms with Crippen molar-refractivity contribution in [2.24, 2.45) is 0 Å². The third-order valence-electron chi connectivity index (χ3n) is 5.04. The lowest BCUT2D eigenvalue weighted by Gasteiger charge is -2.12. The molecule has 0 bridgehead atoms. The van der Waals surface area contributed by atoms with E-state index >= 15 is 0 Å². The zero-order valence-corrected chi connectivity index (χ0v) is 20.5. The number of amides is 1. The first kappa shape index (κ1) is 26.0. The van der Waals surface area contributed by atoms with Crippen LogP contribution in [0.3, 0.4) is 0 Å². The first-order valence-corrected chi connectivity index (χ1v) is 12.1. The summed E-state index contributed by atoms with van der Waals surface area (Å²) in [6, 6.07) is 15.3. The zero-order chi connectivity index (χ0) is 25.9. The second-order valence-corrected chi connectivity index (χ2v) is 9.24. The highest BCUT2D eigenvalue weighted by Crippen LogP contribution is 2.32. The van der Waals surface area contributed by atoms with Gasteiger partial charge in [-0.05, 0) is 48.0 Å². The smallest absolute Gasteiger partial charge is 0.345 e. The molecule has 0 saturated heterocycles. The molecule has 1 amide bonds. The number of carbonyl (C=O) groups is 1. The van der Waals surface area contributed by atoms with Gasteiger partial charge in [-0.3, -0.25) is 9.36 Å². The second-order valence-electron chi connectivity index (χ2n) is 7.48. The van der Waals surface area contributed by atoms with Gasteiger partial charge in [0.25, 0.3) is 5.91 Å². The normalized spacial score (nSPS) is 11.5. The lowest BCUT2D eigenvalue weighted by molar-refractivity contribution is -0.137. The number of nitrogens with zero attached hydrogens (tertiary/aromatic N) is 3. The molecular formula is C24H16Cl2F4N4OS. The Balaban J connectivity index is 1.58. The van der Waals surface area contributed by atoms with Crippen molar-refractivity contribution < 1.29 is 22.4 Å². The van der Waals surface area contributed by atoms with Crippen LogP contribution in [-0.4, -0.2) is 20.7 Å². The van der Waals surface area contributed by atoms with E-state index in [0.717, 1.165) is 12.1 Å². The number of alkyl halides is 3. The fourth-order valence-electron chi connectivity index (χ4n) is 3.23. The Morgan fingerprint density at radius 3 is 2.36 bits per heavy atom. The number of thioether (sulfide) groups is 1. The van der Waals surface area contributed by atoms with E-state index in [-0.39, 0.29) is 17.1 Å². The minimum absolute atomic E-state index is 0.0821. The molecule has 186 valence electrons. The number of hydrogen-bond donors (Lipinski definition) is 1. The van der Waals surface area contributed by atoms with Gasteiger partial charge in [0.1, 0.15) is 5.82 Å². The maximum Gasteiger partial charge on any atom is 0.416 e. The molecule has 36 heavy (non-hydrogen) atoms. The van der Waals surface area contributed by atoms with Crippen LogP contribution in [-0.2, 0) is 18.5 Å².